The van der Waals surface area contributed by atoms with Gasteiger partial charge in [-0.25, -0.2) is 0 Å². The zero-order valence-electron chi connectivity index (χ0n) is 16.2. The van der Waals surface area contributed by atoms with Crippen LogP contribution in [0.5, 0.6) is 5.75 Å². The van der Waals surface area contributed by atoms with Gasteiger partial charge in [-0.2, -0.15) is 0 Å². The molecule has 0 aliphatic carbocycles. The van der Waals surface area contributed by atoms with Crippen molar-refractivity contribution in [3.05, 3.63) is 64.7 Å². The number of halogens is 1. The van der Waals surface area contributed by atoms with Gasteiger partial charge in [-0.3, -0.25) is 9.69 Å². The molecule has 0 aromatic heterocycles. The van der Waals surface area contributed by atoms with Gasteiger partial charge in [0.05, 0.1) is 17.7 Å². The Bertz CT molecular complexity index is 827. The highest BCUT2D eigenvalue weighted by atomic mass is 35.5. The van der Waals surface area contributed by atoms with Gasteiger partial charge in [-0.1, -0.05) is 48.4 Å². The average Bonchev–Trinajstić information content (AvgIpc) is 2.69. The number of benzene rings is 2. The van der Waals surface area contributed by atoms with E-state index >= 15 is 0 Å². The van der Waals surface area contributed by atoms with Crippen molar-refractivity contribution in [2.45, 2.75) is 56.8 Å². The maximum Gasteiger partial charge on any atom is 0.253 e. The van der Waals surface area contributed by atoms with Gasteiger partial charge in [-0.15, -0.1) is 0 Å². The molecular weight excluding hydrogens is 372 g/mol. The van der Waals surface area contributed by atoms with Gasteiger partial charge in [-0.05, 0) is 43.9 Å². The van der Waals surface area contributed by atoms with Gasteiger partial charge < -0.3 is 10.1 Å². The zero-order valence-corrected chi connectivity index (χ0v) is 17.0. The topological polar surface area (TPSA) is 41.6 Å². The standard InChI is InChI=1S/C23H27ClN2O2/c1-28-22-12-5-2-7-16(22)15-26-18-8-6-9-19(26)14-17(13-18)25-23(27)20-10-3-4-11-21(20)24/h2-5,7,10-12,17-19H,6,8-9,13-15H2,1H3,(H,25,27)/t17?,18-,19+. The lowest BCUT2D eigenvalue weighted by Crippen LogP contribution is -2.56. The van der Waals surface area contributed by atoms with Crippen LogP contribution < -0.4 is 10.1 Å². The number of carbonyl (C=O) groups excluding carboxylic acids is 1. The number of hydrogen-bond acceptors (Lipinski definition) is 3. The predicted molar refractivity (Wildman–Crippen MR) is 112 cm³/mol. The van der Waals surface area contributed by atoms with E-state index in [9.17, 15) is 4.79 Å². The van der Waals surface area contributed by atoms with Crippen LogP contribution in [0, 0.1) is 0 Å². The third-order valence-electron chi connectivity index (χ3n) is 6.13. The van der Waals surface area contributed by atoms with Gasteiger partial charge in [0.15, 0.2) is 0 Å². The van der Waals surface area contributed by atoms with E-state index in [1.165, 1.54) is 24.8 Å². The van der Waals surface area contributed by atoms with E-state index in [-0.39, 0.29) is 11.9 Å². The summed E-state index contributed by atoms with van der Waals surface area (Å²) >= 11 is 6.19. The third-order valence-corrected chi connectivity index (χ3v) is 6.45. The number of fused-ring (bicyclic) bond motifs is 2. The number of nitrogens with one attached hydrogen (secondary N) is 1. The van der Waals surface area contributed by atoms with E-state index in [2.05, 4.69) is 22.3 Å². The molecule has 0 spiro atoms. The van der Waals surface area contributed by atoms with Gasteiger partial charge in [0, 0.05) is 30.2 Å². The summed E-state index contributed by atoms with van der Waals surface area (Å²) in [5.74, 6) is 0.890. The highest BCUT2D eigenvalue weighted by Gasteiger charge is 2.39. The molecule has 2 aliphatic rings. The largest absolute Gasteiger partial charge is 0.496 e. The zero-order chi connectivity index (χ0) is 19.5. The SMILES string of the molecule is COc1ccccc1CN1[C@@H]2CCC[C@H]1CC(NC(=O)c1ccccc1Cl)C2. The van der Waals surface area contributed by atoms with Crippen molar-refractivity contribution in [2.24, 2.45) is 0 Å². The van der Waals surface area contributed by atoms with E-state index in [1.807, 2.05) is 24.3 Å². The molecule has 28 heavy (non-hydrogen) atoms. The van der Waals surface area contributed by atoms with E-state index in [4.69, 9.17) is 16.3 Å². The first-order valence-corrected chi connectivity index (χ1v) is 10.5. The number of hydrogen-bond donors (Lipinski definition) is 1. The van der Waals surface area contributed by atoms with Crippen LogP contribution in [0.25, 0.3) is 0 Å². The maximum atomic E-state index is 12.7. The third kappa shape index (κ3) is 4.03. The number of methoxy groups -OCH3 is 1. The van der Waals surface area contributed by atoms with Crippen LogP contribution in [0.2, 0.25) is 5.02 Å². The maximum absolute atomic E-state index is 12.7. The number of amides is 1. The minimum atomic E-state index is -0.0631. The van der Waals surface area contributed by atoms with Crippen LogP contribution in [0.15, 0.2) is 48.5 Å². The van der Waals surface area contributed by atoms with Crippen LogP contribution in [-0.2, 0) is 6.54 Å². The molecule has 1 amide bonds. The van der Waals surface area contributed by atoms with Gasteiger partial charge in [0.1, 0.15) is 5.75 Å². The smallest absolute Gasteiger partial charge is 0.253 e. The molecule has 1 unspecified atom stereocenters. The van der Waals surface area contributed by atoms with E-state index in [0.717, 1.165) is 25.1 Å². The van der Waals surface area contributed by atoms with Crippen molar-refractivity contribution in [2.75, 3.05) is 7.11 Å². The Hall–Kier alpha value is -2.04. The van der Waals surface area contributed by atoms with Crippen LogP contribution in [0.4, 0.5) is 0 Å². The molecule has 0 radical (unpaired) electrons. The van der Waals surface area contributed by atoms with E-state index in [0.29, 0.717) is 22.7 Å². The summed E-state index contributed by atoms with van der Waals surface area (Å²) in [7, 11) is 1.73. The lowest BCUT2D eigenvalue weighted by molar-refractivity contribution is 0.0172. The second-order valence-corrected chi connectivity index (χ2v) is 8.25. The van der Waals surface area contributed by atoms with Crippen LogP contribution in [-0.4, -0.2) is 36.0 Å². The minimum Gasteiger partial charge on any atom is -0.496 e. The Labute approximate surface area is 171 Å². The lowest BCUT2D eigenvalue weighted by atomic mass is 9.81. The number of rotatable bonds is 5. The second kappa shape index (κ2) is 8.54. The molecule has 2 saturated heterocycles. The van der Waals surface area contributed by atoms with Gasteiger partial charge >= 0.3 is 0 Å². The summed E-state index contributed by atoms with van der Waals surface area (Å²) in [5, 5.41) is 3.74. The van der Waals surface area contributed by atoms with E-state index in [1.54, 1.807) is 19.2 Å². The molecule has 4 nitrogen and oxygen atoms in total. The highest BCUT2D eigenvalue weighted by Crippen LogP contribution is 2.36. The summed E-state index contributed by atoms with van der Waals surface area (Å²) in [6.45, 7) is 0.907. The van der Waals surface area contributed by atoms with Crippen molar-refractivity contribution < 1.29 is 9.53 Å². The average molecular weight is 399 g/mol. The fraction of sp³-hybridized carbons (Fsp3) is 0.435. The quantitative estimate of drug-likeness (QED) is 0.796. The van der Waals surface area contributed by atoms with Crippen molar-refractivity contribution in [1.29, 1.82) is 0 Å². The summed E-state index contributed by atoms with van der Waals surface area (Å²) in [6, 6.07) is 16.7. The van der Waals surface area contributed by atoms with Crippen LogP contribution >= 0.6 is 11.6 Å². The summed E-state index contributed by atoms with van der Waals surface area (Å²) < 4.78 is 5.55. The summed E-state index contributed by atoms with van der Waals surface area (Å²) in [6.07, 6.45) is 5.61. The van der Waals surface area contributed by atoms with Crippen molar-refractivity contribution >= 4 is 17.5 Å². The minimum absolute atomic E-state index is 0.0631. The number of carbonyl (C=O) groups is 1. The molecule has 3 atom stereocenters. The molecule has 1 N–H and O–H groups in total. The molecule has 2 aromatic rings. The molecule has 4 rings (SSSR count). The first-order valence-electron chi connectivity index (χ1n) is 10.1. The Balaban J connectivity index is 1.45. The number of para-hydroxylation sites is 1. The van der Waals surface area contributed by atoms with Crippen molar-refractivity contribution in [1.82, 2.24) is 10.2 Å². The highest BCUT2D eigenvalue weighted by molar-refractivity contribution is 6.33. The van der Waals surface area contributed by atoms with Crippen molar-refractivity contribution in [3.8, 4) is 5.75 Å². The monoisotopic (exact) mass is 398 g/mol. The van der Waals surface area contributed by atoms with Gasteiger partial charge in [0.25, 0.3) is 5.91 Å². The number of nitrogens with zero attached hydrogens (tertiary/aromatic N) is 1. The number of piperidine rings is 2. The molecule has 2 aliphatic heterocycles. The van der Waals surface area contributed by atoms with Crippen LogP contribution in [0.1, 0.15) is 48.0 Å². The molecular formula is C23H27ClN2O2. The lowest BCUT2D eigenvalue weighted by Gasteiger charge is -2.49. The molecule has 0 saturated carbocycles. The van der Waals surface area contributed by atoms with Crippen molar-refractivity contribution in [3.63, 3.8) is 0 Å². The predicted octanol–water partition coefficient (Wildman–Crippen LogP) is 4.66. The Morgan fingerprint density at radius 3 is 2.50 bits per heavy atom. The molecule has 2 aromatic carbocycles. The van der Waals surface area contributed by atoms with Crippen LogP contribution in [0.3, 0.4) is 0 Å². The first kappa shape index (κ1) is 19.3. The molecule has 148 valence electrons. The number of ether oxygens (including phenoxy) is 1. The van der Waals surface area contributed by atoms with E-state index < -0.39 is 0 Å². The Morgan fingerprint density at radius 2 is 1.79 bits per heavy atom. The Morgan fingerprint density at radius 1 is 1.11 bits per heavy atom. The fourth-order valence-corrected chi connectivity index (χ4v) is 5.01. The van der Waals surface area contributed by atoms with Gasteiger partial charge in [0.2, 0.25) is 0 Å². The fourth-order valence-electron chi connectivity index (χ4n) is 4.79. The first-order chi connectivity index (χ1) is 13.7. The molecule has 2 heterocycles. The molecule has 5 heteroatoms. The second-order valence-electron chi connectivity index (χ2n) is 7.84. The Kier molecular flexibility index (Phi) is 5.88. The molecule has 2 bridgehead atoms. The molecule has 2 fully saturated rings. The summed E-state index contributed by atoms with van der Waals surface area (Å²) in [5.41, 5.74) is 1.80. The normalized spacial score (nSPS) is 24.6. The summed E-state index contributed by atoms with van der Waals surface area (Å²) in [4.78, 5) is 15.3.